The maximum absolute atomic E-state index is 6.01. The molecule has 0 aliphatic carbocycles. The molecule has 0 fully saturated rings. The number of thiophene rings is 1. The van der Waals surface area contributed by atoms with Crippen molar-refractivity contribution in [3.8, 4) is 11.5 Å². The van der Waals surface area contributed by atoms with Crippen LogP contribution in [0.15, 0.2) is 66.7 Å². The van der Waals surface area contributed by atoms with Gasteiger partial charge in [-0.05, 0) is 48.9 Å². The van der Waals surface area contributed by atoms with Crippen LogP contribution in [0.1, 0.15) is 21.2 Å². The van der Waals surface area contributed by atoms with E-state index < -0.39 is 0 Å². The van der Waals surface area contributed by atoms with Gasteiger partial charge in [-0.3, -0.25) is 0 Å². The summed E-state index contributed by atoms with van der Waals surface area (Å²) in [6.07, 6.45) is 0. The standard InChI is InChI=1S/C19H19NOS/c1-14-10-11-19(22-14)18(13-20)15-6-5-9-17(12-15)21-16-7-3-2-4-8-16/h2-12,18H,13,20H2,1H3. The highest BCUT2D eigenvalue weighted by Crippen LogP contribution is 2.32. The number of benzene rings is 2. The Balaban J connectivity index is 1.86. The van der Waals surface area contributed by atoms with Gasteiger partial charge in [0.1, 0.15) is 11.5 Å². The predicted octanol–water partition coefficient (Wildman–Crippen LogP) is 4.94. The Kier molecular flexibility index (Phi) is 4.56. The zero-order valence-corrected chi connectivity index (χ0v) is 13.3. The zero-order valence-electron chi connectivity index (χ0n) is 12.5. The van der Waals surface area contributed by atoms with E-state index in [0.29, 0.717) is 6.54 Å². The van der Waals surface area contributed by atoms with Gasteiger partial charge in [0.25, 0.3) is 0 Å². The lowest BCUT2D eigenvalue weighted by Gasteiger charge is -2.15. The van der Waals surface area contributed by atoms with Gasteiger partial charge in [0.2, 0.25) is 0 Å². The number of ether oxygens (including phenoxy) is 1. The predicted molar refractivity (Wildman–Crippen MR) is 92.9 cm³/mol. The molecule has 0 aliphatic rings. The quantitative estimate of drug-likeness (QED) is 0.724. The van der Waals surface area contributed by atoms with Gasteiger partial charge in [0, 0.05) is 22.2 Å². The highest BCUT2D eigenvalue weighted by Gasteiger charge is 2.15. The van der Waals surface area contributed by atoms with Crippen LogP contribution in [0.25, 0.3) is 0 Å². The molecule has 1 aromatic heterocycles. The first kappa shape index (κ1) is 14.8. The van der Waals surface area contributed by atoms with E-state index in [1.807, 2.05) is 42.5 Å². The normalized spacial score (nSPS) is 12.1. The van der Waals surface area contributed by atoms with Crippen molar-refractivity contribution < 1.29 is 4.74 Å². The van der Waals surface area contributed by atoms with Crippen LogP contribution in [0.5, 0.6) is 11.5 Å². The third-order valence-corrected chi connectivity index (χ3v) is 4.69. The van der Waals surface area contributed by atoms with Crippen molar-refractivity contribution in [3.05, 3.63) is 82.0 Å². The molecule has 0 saturated carbocycles. The lowest BCUT2D eigenvalue weighted by Crippen LogP contribution is -2.12. The van der Waals surface area contributed by atoms with Gasteiger partial charge in [0.15, 0.2) is 0 Å². The fourth-order valence-electron chi connectivity index (χ4n) is 2.48. The lowest BCUT2D eigenvalue weighted by molar-refractivity contribution is 0.481. The van der Waals surface area contributed by atoms with Crippen LogP contribution >= 0.6 is 11.3 Å². The minimum absolute atomic E-state index is 0.220. The van der Waals surface area contributed by atoms with Crippen LogP contribution in [-0.2, 0) is 0 Å². The lowest BCUT2D eigenvalue weighted by atomic mass is 9.97. The Hall–Kier alpha value is -2.10. The molecule has 2 aromatic carbocycles. The molecule has 2 N–H and O–H groups in total. The van der Waals surface area contributed by atoms with Crippen molar-refractivity contribution in [3.63, 3.8) is 0 Å². The molecule has 1 atom stereocenters. The molecule has 0 spiro atoms. The van der Waals surface area contributed by atoms with E-state index in [4.69, 9.17) is 10.5 Å². The van der Waals surface area contributed by atoms with Crippen molar-refractivity contribution in [2.24, 2.45) is 5.73 Å². The Morgan fingerprint density at radius 2 is 1.73 bits per heavy atom. The first-order chi connectivity index (χ1) is 10.8. The Labute approximate surface area is 135 Å². The highest BCUT2D eigenvalue weighted by atomic mass is 32.1. The van der Waals surface area contributed by atoms with Crippen molar-refractivity contribution >= 4 is 11.3 Å². The monoisotopic (exact) mass is 309 g/mol. The van der Waals surface area contributed by atoms with Crippen molar-refractivity contribution in [2.45, 2.75) is 12.8 Å². The third-order valence-electron chi connectivity index (χ3n) is 3.58. The molecule has 0 bridgehead atoms. The second kappa shape index (κ2) is 6.77. The molecular formula is C19H19NOS. The fraction of sp³-hybridized carbons (Fsp3) is 0.158. The topological polar surface area (TPSA) is 35.2 Å². The second-order valence-electron chi connectivity index (χ2n) is 5.22. The van der Waals surface area contributed by atoms with Gasteiger partial charge < -0.3 is 10.5 Å². The summed E-state index contributed by atoms with van der Waals surface area (Å²) in [4.78, 5) is 2.61. The molecule has 0 aliphatic heterocycles. The van der Waals surface area contributed by atoms with Crippen molar-refractivity contribution in [2.75, 3.05) is 6.54 Å². The molecule has 3 aromatic rings. The average molecular weight is 309 g/mol. The summed E-state index contributed by atoms with van der Waals surface area (Å²) in [5.41, 5.74) is 7.21. The van der Waals surface area contributed by atoms with Crippen LogP contribution < -0.4 is 10.5 Å². The van der Waals surface area contributed by atoms with E-state index in [1.165, 1.54) is 15.3 Å². The SMILES string of the molecule is Cc1ccc(C(CN)c2cccc(Oc3ccccc3)c2)s1. The van der Waals surface area contributed by atoms with Crippen molar-refractivity contribution in [1.82, 2.24) is 0 Å². The van der Waals surface area contributed by atoms with E-state index in [0.717, 1.165) is 11.5 Å². The van der Waals surface area contributed by atoms with E-state index >= 15 is 0 Å². The van der Waals surface area contributed by atoms with E-state index in [-0.39, 0.29) is 5.92 Å². The van der Waals surface area contributed by atoms with Gasteiger partial charge in [-0.15, -0.1) is 11.3 Å². The first-order valence-corrected chi connectivity index (χ1v) is 8.17. The van der Waals surface area contributed by atoms with Crippen LogP contribution in [0, 0.1) is 6.92 Å². The minimum atomic E-state index is 0.220. The third kappa shape index (κ3) is 3.38. The summed E-state index contributed by atoms with van der Waals surface area (Å²) < 4.78 is 5.92. The Morgan fingerprint density at radius 3 is 2.41 bits per heavy atom. The molecule has 112 valence electrons. The maximum Gasteiger partial charge on any atom is 0.127 e. The fourth-order valence-corrected chi connectivity index (χ4v) is 3.50. The summed E-state index contributed by atoms with van der Waals surface area (Å²) in [7, 11) is 0. The largest absolute Gasteiger partial charge is 0.457 e. The van der Waals surface area contributed by atoms with Gasteiger partial charge >= 0.3 is 0 Å². The van der Waals surface area contributed by atoms with Crippen molar-refractivity contribution in [1.29, 1.82) is 0 Å². The summed E-state index contributed by atoms with van der Waals surface area (Å²) >= 11 is 1.80. The Morgan fingerprint density at radius 1 is 0.955 bits per heavy atom. The van der Waals surface area contributed by atoms with Gasteiger partial charge in [-0.25, -0.2) is 0 Å². The summed E-state index contributed by atoms with van der Waals surface area (Å²) in [6, 6.07) is 22.3. The number of rotatable bonds is 5. The molecule has 0 amide bonds. The number of hydrogen-bond acceptors (Lipinski definition) is 3. The molecule has 1 unspecified atom stereocenters. The number of aryl methyl sites for hydroxylation is 1. The smallest absolute Gasteiger partial charge is 0.127 e. The minimum Gasteiger partial charge on any atom is -0.457 e. The molecular weight excluding hydrogens is 290 g/mol. The van der Waals surface area contributed by atoms with Gasteiger partial charge in [0.05, 0.1) is 0 Å². The zero-order chi connectivity index (χ0) is 15.4. The average Bonchev–Trinajstić information content (AvgIpc) is 2.96. The Bertz CT molecular complexity index is 736. The number of para-hydroxylation sites is 1. The highest BCUT2D eigenvalue weighted by molar-refractivity contribution is 7.12. The molecule has 2 nitrogen and oxygen atoms in total. The van der Waals surface area contributed by atoms with Gasteiger partial charge in [-0.1, -0.05) is 30.3 Å². The maximum atomic E-state index is 6.01. The van der Waals surface area contributed by atoms with Gasteiger partial charge in [-0.2, -0.15) is 0 Å². The van der Waals surface area contributed by atoms with Crippen LogP contribution in [0.3, 0.4) is 0 Å². The van der Waals surface area contributed by atoms with Crippen LogP contribution in [0.4, 0.5) is 0 Å². The molecule has 22 heavy (non-hydrogen) atoms. The van der Waals surface area contributed by atoms with Crippen LogP contribution in [-0.4, -0.2) is 6.54 Å². The summed E-state index contributed by atoms with van der Waals surface area (Å²) in [5, 5.41) is 0. The first-order valence-electron chi connectivity index (χ1n) is 7.35. The molecule has 3 heteroatoms. The number of hydrogen-bond donors (Lipinski definition) is 1. The van der Waals surface area contributed by atoms with Crippen LogP contribution in [0.2, 0.25) is 0 Å². The second-order valence-corrected chi connectivity index (χ2v) is 6.54. The van der Waals surface area contributed by atoms with E-state index in [9.17, 15) is 0 Å². The summed E-state index contributed by atoms with van der Waals surface area (Å²) in [6.45, 7) is 2.71. The summed E-state index contributed by atoms with van der Waals surface area (Å²) in [5.74, 6) is 1.91. The molecule has 1 heterocycles. The van der Waals surface area contributed by atoms with E-state index in [2.05, 4.69) is 31.2 Å². The number of nitrogens with two attached hydrogens (primary N) is 1. The van der Waals surface area contributed by atoms with E-state index in [1.54, 1.807) is 11.3 Å². The molecule has 0 saturated heterocycles. The molecule has 3 rings (SSSR count). The molecule has 0 radical (unpaired) electrons.